The molecular formula is C10H22N2O4Si. The van der Waals surface area contributed by atoms with Crippen LogP contribution in [0.1, 0.15) is 20.8 Å². The molecular weight excluding hydrogens is 240 g/mol. The van der Waals surface area contributed by atoms with Crippen molar-refractivity contribution in [1.82, 2.24) is 5.32 Å². The summed E-state index contributed by atoms with van der Waals surface area (Å²) >= 11 is 0. The zero-order chi connectivity index (χ0) is 13.9. The predicted octanol–water partition coefficient (Wildman–Crippen LogP) is 1.13. The van der Waals surface area contributed by atoms with Gasteiger partial charge in [0.1, 0.15) is 6.04 Å². The van der Waals surface area contributed by atoms with Gasteiger partial charge in [0.15, 0.2) is 8.32 Å². The number of hydrogen-bond acceptors (Lipinski definition) is 3. The van der Waals surface area contributed by atoms with Gasteiger partial charge in [-0.3, -0.25) is 4.79 Å². The summed E-state index contributed by atoms with van der Waals surface area (Å²) in [6, 6.07) is -0.998. The van der Waals surface area contributed by atoms with Gasteiger partial charge in [-0.05, 0) is 18.1 Å². The lowest BCUT2D eigenvalue weighted by Crippen LogP contribution is -2.51. The molecule has 0 aromatic rings. The van der Waals surface area contributed by atoms with Gasteiger partial charge in [0.25, 0.3) is 0 Å². The number of amides is 2. The number of carboxylic acid groups (broad SMARTS) is 1. The minimum atomic E-state index is -2.01. The minimum Gasteiger partial charge on any atom is -0.465 e. The maximum Gasteiger partial charge on any atom is 0.405 e. The molecule has 0 unspecified atom stereocenters. The summed E-state index contributed by atoms with van der Waals surface area (Å²) in [5, 5.41) is 10.6. The standard InChI is InChI=1S/C10H22N2O4Si/c1-10(2,3)17(4,5)16-6-7(8(11)13)12-9(14)15/h7,12H,6H2,1-5H3,(H2,11,13)(H,14,15)/t7-/m0/s1. The van der Waals surface area contributed by atoms with Crippen molar-refractivity contribution >= 4 is 20.3 Å². The largest absolute Gasteiger partial charge is 0.465 e. The highest BCUT2D eigenvalue weighted by Gasteiger charge is 2.38. The lowest BCUT2D eigenvalue weighted by molar-refractivity contribution is -0.120. The van der Waals surface area contributed by atoms with Crippen LogP contribution in [0, 0.1) is 0 Å². The van der Waals surface area contributed by atoms with E-state index in [0.29, 0.717) is 0 Å². The quantitative estimate of drug-likeness (QED) is 0.646. The Bertz CT molecular complexity index is 299. The van der Waals surface area contributed by atoms with Crippen molar-refractivity contribution in [2.24, 2.45) is 5.73 Å². The monoisotopic (exact) mass is 262 g/mol. The van der Waals surface area contributed by atoms with Crippen LogP contribution in [-0.4, -0.2) is 38.1 Å². The fourth-order valence-electron chi connectivity index (χ4n) is 0.852. The number of hydrogen-bond donors (Lipinski definition) is 3. The third-order valence-electron chi connectivity index (χ3n) is 3.06. The van der Waals surface area contributed by atoms with Gasteiger partial charge in [0.2, 0.25) is 5.91 Å². The second kappa shape index (κ2) is 5.50. The highest BCUT2D eigenvalue weighted by atomic mass is 28.4. The first-order valence-corrected chi connectivity index (χ1v) is 8.31. The van der Waals surface area contributed by atoms with Crippen LogP contribution in [0.25, 0.3) is 0 Å². The summed E-state index contributed by atoms with van der Waals surface area (Å²) in [5.74, 6) is -0.730. The Kier molecular flexibility index (Phi) is 5.15. The lowest BCUT2D eigenvalue weighted by atomic mass is 10.2. The molecule has 0 fully saturated rings. The Labute approximate surface area is 103 Å². The van der Waals surface area contributed by atoms with Crippen molar-refractivity contribution in [1.29, 1.82) is 0 Å². The number of carbonyl (C=O) groups is 2. The molecule has 1 atom stereocenters. The lowest BCUT2D eigenvalue weighted by Gasteiger charge is -2.36. The topological polar surface area (TPSA) is 102 Å². The van der Waals surface area contributed by atoms with Crippen molar-refractivity contribution in [3.63, 3.8) is 0 Å². The van der Waals surface area contributed by atoms with Crippen molar-refractivity contribution in [2.45, 2.75) is 44.9 Å². The van der Waals surface area contributed by atoms with Crippen LogP contribution in [0.15, 0.2) is 0 Å². The summed E-state index contributed by atoms with van der Waals surface area (Å²) in [6.07, 6.45) is -1.28. The van der Waals surface area contributed by atoms with E-state index in [1.54, 1.807) is 0 Å². The zero-order valence-electron chi connectivity index (χ0n) is 11.0. The first kappa shape index (κ1) is 15.9. The maximum absolute atomic E-state index is 11.0. The summed E-state index contributed by atoms with van der Waals surface area (Å²) in [4.78, 5) is 21.5. The Morgan fingerprint density at radius 2 is 1.88 bits per heavy atom. The van der Waals surface area contributed by atoms with Crippen LogP contribution in [0.2, 0.25) is 18.1 Å². The van der Waals surface area contributed by atoms with Gasteiger partial charge in [0, 0.05) is 0 Å². The molecule has 0 spiro atoms. The summed E-state index contributed by atoms with van der Waals surface area (Å²) < 4.78 is 5.73. The second-order valence-corrected chi connectivity index (χ2v) is 10.3. The van der Waals surface area contributed by atoms with Crippen LogP contribution >= 0.6 is 0 Å². The molecule has 100 valence electrons. The van der Waals surface area contributed by atoms with Crippen LogP contribution in [0.3, 0.4) is 0 Å². The molecule has 4 N–H and O–H groups in total. The van der Waals surface area contributed by atoms with Crippen molar-refractivity contribution < 1.29 is 19.1 Å². The molecule has 0 aliphatic carbocycles. The third-order valence-corrected chi connectivity index (χ3v) is 7.56. The molecule has 0 rings (SSSR count). The summed E-state index contributed by atoms with van der Waals surface area (Å²) in [5.41, 5.74) is 5.09. The molecule has 0 heterocycles. The Hall–Kier alpha value is -1.08. The molecule has 7 heteroatoms. The van der Waals surface area contributed by atoms with Gasteiger partial charge < -0.3 is 20.6 Å². The van der Waals surface area contributed by atoms with E-state index < -0.39 is 26.4 Å². The normalized spacial score (nSPS) is 14.2. The smallest absolute Gasteiger partial charge is 0.405 e. The zero-order valence-corrected chi connectivity index (χ0v) is 12.0. The van der Waals surface area contributed by atoms with Gasteiger partial charge in [-0.2, -0.15) is 0 Å². The van der Waals surface area contributed by atoms with E-state index >= 15 is 0 Å². The van der Waals surface area contributed by atoms with Gasteiger partial charge in [-0.25, -0.2) is 4.79 Å². The number of rotatable bonds is 5. The van der Waals surface area contributed by atoms with Gasteiger partial charge >= 0.3 is 6.09 Å². The molecule has 0 bridgehead atoms. The summed E-state index contributed by atoms with van der Waals surface area (Å²) in [6.45, 7) is 10.2. The fourth-order valence-corrected chi connectivity index (χ4v) is 1.87. The first-order valence-electron chi connectivity index (χ1n) is 5.40. The molecule has 0 aliphatic heterocycles. The van der Waals surface area contributed by atoms with Crippen molar-refractivity contribution in [2.75, 3.05) is 6.61 Å². The highest BCUT2D eigenvalue weighted by Crippen LogP contribution is 2.36. The first-order chi connectivity index (χ1) is 7.47. The van der Waals surface area contributed by atoms with Crippen LogP contribution in [0.5, 0.6) is 0 Å². The van der Waals surface area contributed by atoms with E-state index in [4.69, 9.17) is 15.3 Å². The SMILES string of the molecule is CC(C)(C)[Si](C)(C)OC[C@H](NC(=O)O)C(N)=O. The average Bonchev–Trinajstić information content (AvgIpc) is 2.09. The van der Waals surface area contributed by atoms with Crippen molar-refractivity contribution in [3.05, 3.63) is 0 Å². The van der Waals surface area contributed by atoms with Crippen LogP contribution in [-0.2, 0) is 9.22 Å². The number of nitrogens with one attached hydrogen (secondary N) is 1. The molecule has 6 nitrogen and oxygen atoms in total. The molecule has 0 aromatic carbocycles. The molecule has 0 aliphatic rings. The van der Waals surface area contributed by atoms with E-state index in [1.165, 1.54) is 0 Å². The minimum absolute atomic E-state index is 0.00157. The van der Waals surface area contributed by atoms with Crippen LogP contribution < -0.4 is 11.1 Å². The predicted molar refractivity (Wildman–Crippen MR) is 67.3 cm³/mol. The van der Waals surface area contributed by atoms with E-state index in [2.05, 4.69) is 20.8 Å². The molecule has 0 radical (unpaired) electrons. The second-order valence-electron chi connectivity index (χ2n) is 5.48. The number of primary amides is 1. The Morgan fingerprint density at radius 1 is 1.41 bits per heavy atom. The Morgan fingerprint density at radius 3 is 2.18 bits per heavy atom. The molecule has 0 saturated carbocycles. The van der Waals surface area contributed by atoms with Gasteiger partial charge in [0.05, 0.1) is 6.61 Å². The van der Waals surface area contributed by atoms with E-state index in [-0.39, 0.29) is 11.6 Å². The molecule has 0 saturated heterocycles. The van der Waals surface area contributed by atoms with Crippen molar-refractivity contribution in [3.8, 4) is 0 Å². The molecule has 17 heavy (non-hydrogen) atoms. The Balaban J connectivity index is 4.51. The van der Waals surface area contributed by atoms with E-state index in [1.807, 2.05) is 18.4 Å². The van der Waals surface area contributed by atoms with E-state index in [9.17, 15) is 9.59 Å². The molecule has 0 aromatic heterocycles. The third kappa shape index (κ3) is 5.18. The highest BCUT2D eigenvalue weighted by molar-refractivity contribution is 6.74. The molecule has 2 amide bonds. The fraction of sp³-hybridized carbons (Fsp3) is 0.800. The van der Waals surface area contributed by atoms with Gasteiger partial charge in [-0.15, -0.1) is 0 Å². The average molecular weight is 262 g/mol. The maximum atomic E-state index is 11.0. The van der Waals surface area contributed by atoms with E-state index in [0.717, 1.165) is 0 Å². The van der Waals surface area contributed by atoms with Gasteiger partial charge in [-0.1, -0.05) is 20.8 Å². The number of carbonyl (C=O) groups excluding carboxylic acids is 1. The number of nitrogens with two attached hydrogens (primary N) is 1. The summed E-state index contributed by atoms with van der Waals surface area (Å²) in [7, 11) is -2.01. The van der Waals surface area contributed by atoms with Crippen LogP contribution in [0.4, 0.5) is 4.79 Å².